The van der Waals surface area contributed by atoms with Gasteiger partial charge in [0.15, 0.2) is 5.16 Å². The highest BCUT2D eigenvalue weighted by atomic mass is 32.2. The van der Waals surface area contributed by atoms with Crippen LogP contribution in [0.1, 0.15) is 69.2 Å². The quantitative estimate of drug-likeness (QED) is 0.580. The van der Waals surface area contributed by atoms with Crippen LogP contribution in [-0.2, 0) is 24.2 Å². The summed E-state index contributed by atoms with van der Waals surface area (Å²) in [7, 11) is 0. The smallest absolute Gasteiger partial charge is 0.263 e. The van der Waals surface area contributed by atoms with E-state index in [1.165, 1.54) is 47.9 Å². The van der Waals surface area contributed by atoms with Gasteiger partial charge >= 0.3 is 0 Å². The summed E-state index contributed by atoms with van der Waals surface area (Å²) in [5, 5.41) is 4.43. The molecular weight excluding hydrogens is 390 g/mol. The monoisotopic (exact) mass is 419 g/mol. The molecule has 0 spiro atoms. The average molecular weight is 420 g/mol. The molecule has 1 saturated carbocycles. The number of nitrogens with zero attached hydrogens (tertiary/aromatic N) is 2. The molecule has 28 heavy (non-hydrogen) atoms. The van der Waals surface area contributed by atoms with Gasteiger partial charge < -0.3 is 5.32 Å². The number of hydrogen-bond acceptors (Lipinski definition) is 5. The van der Waals surface area contributed by atoms with Crippen molar-refractivity contribution in [3.8, 4) is 0 Å². The van der Waals surface area contributed by atoms with Crippen molar-refractivity contribution >= 4 is 39.2 Å². The Labute approximate surface area is 174 Å². The van der Waals surface area contributed by atoms with E-state index in [0.717, 1.165) is 42.3 Å². The van der Waals surface area contributed by atoms with Crippen molar-refractivity contribution < 1.29 is 4.79 Å². The fourth-order valence-corrected chi connectivity index (χ4v) is 6.65. The fourth-order valence-electron chi connectivity index (χ4n) is 4.37. The van der Waals surface area contributed by atoms with Gasteiger partial charge in [0.1, 0.15) is 4.83 Å². The lowest BCUT2D eigenvalue weighted by Crippen LogP contribution is -2.40. The van der Waals surface area contributed by atoms with Crippen LogP contribution in [0.5, 0.6) is 0 Å². The van der Waals surface area contributed by atoms with E-state index in [0.29, 0.717) is 17.7 Å². The van der Waals surface area contributed by atoms with Crippen LogP contribution >= 0.6 is 23.1 Å². The van der Waals surface area contributed by atoms with Gasteiger partial charge in [0.2, 0.25) is 5.91 Å². The molecule has 2 aromatic rings. The Bertz CT molecular complexity index is 928. The average Bonchev–Trinajstić information content (AvgIpc) is 3.07. The van der Waals surface area contributed by atoms with Gasteiger partial charge in [-0.15, -0.1) is 11.3 Å². The molecule has 2 aromatic heterocycles. The van der Waals surface area contributed by atoms with Gasteiger partial charge in [-0.3, -0.25) is 14.2 Å². The highest BCUT2D eigenvalue weighted by Crippen LogP contribution is 2.35. The van der Waals surface area contributed by atoms with Crippen LogP contribution in [0.3, 0.4) is 0 Å². The number of aryl methyl sites for hydroxylation is 2. The molecule has 2 aliphatic rings. The second-order valence-corrected chi connectivity index (χ2v) is 10.3. The third-order valence-electron chi connectivity index (χ3n) is 5.96. The van der Waals surface area contributed by atoms with Gasteiger partial charge in [0.05, 0.1) is 10.6 Å². The van der Waals surface area contributed by atoms with Gasteiger partial charge in [-0.25, -0.2) is 4.98 Å². The SMILES string of the molecule is CCn1c(S[C@H](C)C(=O)NC2CCCCC2)nc2sc3c(c2c1=O)CCCC3. The summed E-state index contributed by atoms with van der Waals surface area (Å²) in [4.78, 5) is 32.9. The molecule has 5 nitrogen and oxygen atoms in total. The molecule has 0 aliphatic heterocycles. The topological polar surface area (TPSA) is 64.0 Å². The lowest BCUT2D eigenvalue weighted by Gasteiger charge is -2.24. The first-order valence-corrected chi connectivity index (χ1v) is 12.3. The lowest BCUT2D eigenvalue weighted by atomic mass is 9.95. The van der Waals surface area contributed by atoms with Crippen LogP contribution in [0.2, 0.25) is 0 Å². The fraction of sp³-hybridized carbons (Fsp3) is 0.667. The molecule has 0 unspecified atom stereocenters. The Hall–Kier alpha value is -1.34. The first-order valence-electron chi connectivity index (χ1n) is 10.6. The Kier molecular flexibility index (Phi) is 6.11. The number of thioether (sulfide) groups is 1. The second kappa shape index (κ2) is 8.57. The van der Waals surface area contributed by atoms with Crippen molar-refractivity contribution in [3.05, 3.63) is 20.8 Å². The van der Waals surface area contributed by atoms with E-state index in [-0.39, 0.29) is 16.7 Å². The van der Waals surface area contributed by atoms with Crippen LogP contribution < -0.4 is 10.9 Å². The Morgan fingerprint density at radius 2 is 2.00 bits per heavy atom. The summed E-state index contributed by atoms with van der Waals surface area (Å²) in [5.74, 6) is 0.0550. The van der Waals surface area contributed by atoms with E-state index >= 15 is 0 Å². The number of thiophene rings is 1. The molecule has 2 aliphatic carbocycles. The van der Waals surface area contributed by atoms with Crippen LogP contribution in [-0.4, -0.2) is 26.8 Å². The number of rotatable bonds is 5. The van der Waals surface area contributed by atoms with E-state index in [1.54, 1.807) is 15.9 Å². The van der Waals surface area contributed by atoms with Crippen molar-refractivity contribution in [2.24, 2.45) is 0 Å². The summed E-state index contributed by atoms with van der Waals surface area (Å²) in [6, 6.07) is 0.303. The van der Waals surface area contributed by atoms with Gasteiger partial charge in [-0.05, 0) is 57.9 Å². The number of carbonyl (C=O) groups excluding carboxylic acids is 1. The normalized spacial score (nSPS) is 18.8. The van der Waals surface area contributed by atoms with E-state index in [9.17, 15) is 9.59 Å². The van der Waals surface area contributed by atoms with E-state index in [2.05, 4.69) is 5.32 Å². The largest absolute Gasteiger partial charge is 0.352 e. The number of nitrogens with one attached hydrogen (secondary N) is 1. The first kappa shape index (κ1) is 20.0. The number of fused-ring (bicyclic) bond motifs is 3. The summed E-state index contributed by atoms with van der Waals surface area (Å²) in [6.07, 6.45) is 10.2. The zero-order valence-electron chi connectivity index (χ0n) is 16.8. The second-order valence-electron chi connectivity index (χ2n) is 7.94. The maximum atomic E-state index is 13.2. The van der Waals surface area contributed by atoms with Crippen molar-refractivity contribution in [1.29, 1.82) is 0 Å². The molecule has 1 N–H and O–H groups in total. The highest BCUT2D eigenvalue weighted by Gasteiger charge is 2.25. The Morgan fingerprint density at radius 1 is 1.25 bits per heavy atom. The molecule has 4 rings (SSSR count). The van der Waals surface area contributed by atoms with Gasteiger partial charge in [-0.2, -0.15) is 0 Å². The number of amides is 1. The van der Waals surface area contributed by atoms with Gasteiger partial charge in [-0.1, -0.05) is 31.0 Å². The minimum absolute atomic E-state index is 0.0550. The molecule has 152 valence electrons. The van der Waals surface area contributed by atoms with E-state index in [4.69, 9.17) is 4.98 Å². The third kappa shape index (κ3) is 3.88. The number of carbonyl (C=O) groups is 1. The molecule has 0 aromatic carbocycles. The maximum absolute atomic E-state index is 13.2. The summed E-state index contributed by atoms with van der Waals surface area (Å²) in [6.45, 7) is 4.47. The molecule has 2 heterocycles. The number of hydrogen-bond donors (Lipinski definition) is 1. The van der Waals surface area contributed by atoms with Crippen molar-refractivity contribution in [2.45, 2.75) is 94.6 Å². The maximum Gasteiger partial charge on any atom is 0.263 e. The molecular formula is C21H29N3O2S2. The summed E-state index contributed by atoms with van der Waals surface area (Å²) in [5.41, 5.74) is 1.29. The predicted octanol–water partition coefficient (Wildman–Crippen LogP) is 4.29. The lowest BCUT2D eigenvalue weighted by molar-refractivity contribution is -0.121. The molecule has 7 heteroatoms. The molecule has 0 saturated heterocycles. The predicted molar refractivity (Wildman–Crippen MR) is 117 cm³/mol. The standard InChI is InChI=1S/C21H29N3O2S2/c1-3-24-20(26)17-15-11-7-8-12-16(15)28-19(17)23-21(24)27-13(2)18(25)22-14-9-5-4-6-10-14/h13-14H,3-12H2,1-2H3,(H,22,25)/t13-/m1/s1. The minimum atomic E-state index is -0.265. The third-order valence-corrected chi connectivity index (χ3v) is 8.23. The first-order chi connectivity index (χ1) is 13.6. The van der Waals surface area contributed by atoms with Crippen LogP contribution in [0.4, 0.5) is 0 Å². The van der Waals surface area contributed by atoms with Crippen LogP contribution in [0.25, 0.3) is 10.2 Å². The van der Waals surface area contributed by atoms with Gasteiger partial charge in [0.25, 0.3) is 5.56 Å². The van der Waals surface area contributed by atoms with E-state index < -0.39 is 0 Å². The summed E-state index contributed by atoms with van der Waals surface area (Å²) < 4.78 is 1.75. The molecule has 1 fully saturated rings. The van der Waals surface area contributed by atoms with Crippen molar-refractivity contribution in [1.82, 2.24) is 14.9 Å². The number of aromatic nitrogens is 2. The molecule has 1 atom stereocenters. The zero-order chi connectivity index (χ0) is 19.7. The molecule has 0 bridgehead atoms. The van der Waals surface area contributed by atoms with Crippen LogP contribution in [0, 0.1) is 0 Å². The van der Waals surface area contributed by atoms with Crippen molar-refractivity contribution in [2.75, 3.05) is 0 Å². The molecule has 1 amide bonds. The Balaban J connectivity index is 1.59. The van der Waals surface area contributed by atoms with E-state index in [1.807, 2.05) is 13.8 Å². The minimum Gasteiger partial charge on any atom is -0.352 e. The zero-order valence-corrected chi connectivity index (χ0v) is 18.4. The van der Waals surface area contributed by atoms with Gasteiger partial charge in [0, 0.05) is 17.5 Å². The summed E-state index contributed by atoms with van der Waals surface area (Å²) >= 11 is 3.09. The van der Waals surface area contributed by atoms with Crippen molar-refractivity contribution in [3.63, 3.8) is 0 Å². The Morgan fingerprint density at radius 3 is 2.75 bits per heavy atom. The molecule has 0 radical (unpaired) electrons. The van der Waals surface area contributed by atoms with Crippen LogP contribution in [0.15, 0.2) is 9.95 Å². The highest BCUT2D eigenvalue weighted by molar-refractivity contribution is 8.00.